The second-order valence-electron chi connectivity index (χ2n) is 16.6. The number of fused-ring (bicyclic) bond motifs is 1. The first kappa shape index (κ1) is 45.6. The summed E-state index contributed by atoms with van der Waals surface area (Å²) in [7, 11) is 0. The van der Waals surface area contributed by atoms with Crippen LogP contribution in [0.25, 0.3) is 10.9 Å². The third-order valence-corrected chi connectivity index (χ3v) is 8.92. The molecule has 0 aliphatic rings. The molecule has 0 unspecified atom stereocenters. The normalized spacial score (nSPS) is 13.0. The van der Waals surface area contributed by atoms with E-state index in [0.717, 1.165) is 33.2 Å². The van der Waals surface area contributed by atoms with E-state index in [1.807, 2.05) is 61.7 Å². The lowest BCUT2D eigenvalue weighted by Crippen LogP contribution is -2.56. The number of ether oxygens (including phenoxy) is 3. The molecule has 1 aromatic heterocycles. The Morgan fingerprint density at radius 1 is 0.661 bits per heavy atom. The third-order valence-electron chi connectivity index (χ3n) is 8.92. The van der Waals surface area contributed by atoms with Crippen molar-refractivity contribution in [2.75, 3.05) is 13.1 Å². The fraction of sp³-hybridized carbons (Fsp3) is 0.444. The number of carbonyl (C=O) groups is 5. The van der Waals surface area contributed by atoms with Crippen molar-refractivity contribution in [3.8, 4) is 5.75 Å². The van der Waals surface area contributed by atoms with Crippen LogP contribution < -0.4 is 31.3 Å². The van der Waals surface area contributed by atoms with Crippen molar-refractivity contribution in [2.45, 2.75) is 117 Å². The van der Waals surface area contributed by atoms with E-state index in [4.69, 9.17) is 14.2 Å². The Bertz CT molecular complexity index is 2020. The van der Waals surface area contributed by atoms with Gasteiger partial charge in [-0.1, -0.05) is 54.1 Å². The van der Waals surface area contributed by atoms with Gasteiger partial charge < -0.3 is 45.8 Å². The van der Waals surface area contributed by atoms with Crippen molar-refractivity contribution in [3.63, 3.8) is 0 Å². The Kier molecular flexibility index (Phi) is 16.3. The van der Waals surface area contributed by atoms with E-state index in [9.17, 15) is 24.0 Å². The SMILES string of the molecule is Cc1ccc2[nH]cc(C[C@H](NC(=O)[C@H](C)NC(=O)[C@H](Cc3ccc(OCc4ccccc4)cc3)NC(=O)OC(C)(C)C)C(=O)NCCCCNC(=O)OC(C)(C)C)c2c1. The number of aromatic nitrogens is 1. The highest BCUT2D eigenvalue weighted by atomic mass is 16.6. The summed E-state index contributed by atoms with van der Waals surface area (Å²) in [6, 6.07) is 19.7. The molecule has 4 rings (SSSR count). The van der Waals surface area contributed by atoms with Crippen molar-refractivity contribution < 1.29 is 38.2 Å². The van der Waals surface area contributed by atoms with Gasteiger partial charge in [0.05, 0.1) is 0 Å². The lowest BCUT2D eigenvalue weighted by Gasteiger charge is -2.25. The first-order chi connectivity index (χ1) is 27.8. The van der Waals surface area contributed by atoms with Crippen LogP contribution in [0.2, 0.25) is 0 Å². The molecule has 3 aromatic carbocycles. The fourth-order valence-corrected chi connectivity index (χ4v) is 6.01. The molecule has 0 bridgehead atoms. The number of amides is 5. The number of hydrogen-bond acceptors (Lipinski definition) is 8. The van der Waals surface area contributed by atoms with Gasteiger partial charge in [-0.05, 0) is 109 Å². The van der Waals surface area contributed by atoms with Crippen LogP contribution in [0.1, 0.15) is 83.6 Å². The summed E-state index contributed by atoms with van der Waals surface area (Å²) in [6.07, 6.45) is 1.95. The van der Waals surface area contributed by atoms with Crippen LogP contribution in [-0.4, -0.2) is 77.3 Å². The lowest BCUT2D eigenvalue weighted by molar-refractivity contribution is -0.132. The lowest BCUT2D eigenvalue weighted by atomic mass is 10.0. The number of aryl methyl sites for hydroxylation is 1. The molecule has 59 heavy (non-hydrogen) atoms. The molecule has 0 aliphatic carbocycles. The van der Waals surface area contributed by atoms with Crippen LogP contribution in [0.5, 0.6) is 5.75 Å². The summed E-state index contributed by atoms with van der Waals surface area (Å²) in [5, 5.41) is 14.8. The van der Waals surface area contributed by atoms with Gasteiger partial charge in [0.1, 0.15) is 41.7 Å². The van der Waals surface area contributed by atoms with Gasteiger partial charge in [0.2, 0.25) is 17.7 Å². The van der Waals surface area contributed by atoms with Gasteiger partial charge in [0, 0.05) is 43.0 Å². The molecule has 0 spiro atoms. The van der Waals surface area contributed by atoms with Crippen LogP contribution in [0.4, 0.5) is 9.59 Å². The fourth-order valence-electron chi connectivity index (χ4n) is 6.01. The number of hydrogen-bond donors (Lipinski definition) is 6. The molecule has 0 aliphatic heterocycles. The van der Waals surface area contributed by atoms with Crippen LogP contribution in [0.3, 0.4) is 0 Å². The summed E-state index contributed by atoms with van der Waals surface area (Å²) in [5.74, 6) is -0.969. The van der Waals surface area contributed by atoms with Crippen LogP contribution in [-0.2, 0) is 43.3 Å². The monoisotopic (exact) mass is 812 g/mol. The maximum atomic E-state index is 13.8. The molecule has 5 amide bonds. The van der Waals surface area contributed by atoms with Gasteiger partial charge in [-0.25, -0.2) is 9.59 Å². The van der Waals surface area contributed by atoms with E-state index in [2.05, 4.69) is 31.6 Å². The highest BCUT2D eigenvalue weighted by Gasteiger charge is 2.30. The van der Waals surface area contributed by atoms with Crippen LogP contribution in [0.15, 0.2) is 79.0 Å². The van der Waals surface area contributed by atoms with Gasteiger partial charge in [-0.2, -0.15) is 0 Å². The molecular formula is C45H60N6O8. The van der Waals surface area contributed by atoms with E-state index >= 15 is 0 Å². The third kappa shape index (κ3) is 16.0. The van der Waals surface area contributed by atoms with Gasteiger partial charge in [0.15, 0.2) is 0 Å². The van der Waals surface area contributed by atoms with E-state index in [1.165, 1.54) is 6.92 Å². The second kappa shape index (κ2) is 21.1. The van der Waals surface area contributed by atoms with Gasteiger partial charge in [-0.3, -0.25) is 14.4 Å². The van der Waals surface area contributed by atoms with Crippen molar-refractivity contribution in [1.82, 2.24) is 31.6 Å². The summed E-state index contributed by atoms with van der Waals surface area (Å²) < 4.78 is 16.6. The Labute approximate surface area is 346 Å². The molecule has 14 heteroatoms. The number of benzene rings is 3. The molecule has 0 saturated carbocycles. The zero-order valence-corrected chi connectivity index (χ0v) is 35.5. The number of aromatic amines is 1. The average molecular weight is 813 g/mol. The summed E-state index contributed by atoms with van der Waals surface area (Å²) in [5.41, 5.74) is 3.11. The molecule has 318 valence electrons. The van der Waals surface area contributed by atoms with Gasteiger partial charge in [0.25, 0.3) is 0 Å². The minimum absolute atomic E-state index is 0.0939. The van der Waals surface area contributed by atoms with Crippen molar-refractivity contribution in [1.29, 1.82) is 0 Å². The molecule has 4 aromatic rings. The van der Waals surface area contributed by atoms with Gasteiger partial charge in [-0.15, -0.1) is 0 Å². The number of rotatable bonds is 18. The number of carbonyl (C=O) groups excluding carboxylic acids is 5. The van der Waals surface area contributed by atoms with E-state index in [1.54, 1.807) is 65.8 Å². The maximum absolute atomic E-state index is 13.8. The molecule has 0 fully saturated rings. The zero-order valence-electron chi connectivity index (χ0n) is 35.5. The average Bonchev–Trinajstić information content (AvgIpc) is 3.55. The van der Waals surface area contributed by atoms with Crippen molar-refractivity contribution in [3.05, 3.63) is 101 Å². The summed E-state index contributed by atoms with van der Waals surface area (Å²) in [6.45, 7) is 15.1. The van der Waals surface area contributed by atoms with Crippen LogP contribution >= 0.6 is 0 Å². The first-order valence-corrected chi connectivity index (χ1v) is 20.0. The number of alkyl carbamates (subject to hydrolysis) is 2. The smallest absolute Gasteiger partial charge is 0.408 e. The van der Waals surface area contributed by atoms with E-state index in [-0.39, 0.29) is 12.8 Å². The minimum Gasteiger partial charge on any atom is -0.489 e. The maximum Gasteiger partial charge on any atom is 0.408 e. The second-order valence-corrected chi connectivity index (χ2v) is 16.6. The first-order valence-electron chi connectivity index (χ1n) is 20.0. The predicted octanol–water partition coefficient (Wildman–Crippen LogP) is 6.14. The van der Waals surface area contributed by atoms with E-state index < -0.39 is 59.2 Å². The standard InChI is InChI=1S/C45H60N6O8/c1-29-16-21-36-35(24-29)33(27-48-36)26-38(40(53)46-22-12-13-23-47-42(55)58-44(3,4)5)50-39(52)30(2)49-41(54)37(51-43(56)59-45(6,7)8)25-31-17-19-34(20-18-31)57-28-32-14-10-9-11-15-32/h9-11,14-21,24,27,30,37-38,48H,12-13,22-23,25-26,28H2,1-8H3,(H,46,53)(H,47,55)(H,49,54)(H,50,52)(H,51,56)/t30-,37-,38-/m0/s1. The highest BCUT2D eigenvalue weighted by molar-refractivity contribution is 5.94. The Hall–Kier alpha value is -6.05. The van der Waals surface area contributed by atoms with Crippen LogP contribution in [0, 0.1) is 6.92 Å². The minimum atomic E-state index is -1.10. The quantitative estimate of drug-likeness (QED) is 0.0646. The number of nitrogens with one attached hydrogen (secondary N) is 6. The largest absolute Gasteiger partial charge is 0.489 e. The predicted molar refractivity (Wildman–Crippen MR) is 227 cm³/mol. The molecule has 14 nitrogen and oxygen atoms in total. The molecule has 6 N–H and O–H groups in total. The number of unbranched alkanes of at least 4 members (excludes halogenated alkanes) is 1. The Balaban J connectivity index is 1.41. The zero-order chi connectivity index (χ0) is 43.2. The topological polar surface area (TPSA) is 189 Å². The highest BCUT2D eigenvalue weighted by Crippen LogP contribution is 2.21. The van der Waals surface area contributed by atoms with Crippen molar-refractivity contribution in [2.24, 2.45) is 0 Å². The molecule has 3 atom stereocenters. The Morgan fingerprint density at radius 3 is 1.95 bits per heavy atom. The Morgan fingerprint density at radius 2 is 1.29 bits per heavy atom. The van der Waals surface area contributed by atoms with Gasteiger partial charge >= 0.3 is 12.2 Å². The molecule has 0 saturated heterocycles. The number of H-pyrrole nitrogens is 1. The molecule has 0 radical (unpaired) electrons. The summed E-state index contributed by atoms with van der Waals surface area (Å²) >= 11 is 0. The molecular weight excluding hydrogens is 753 g/mol. The molecule has 1 heterocycles. The van der Waals surface area contributed by atoms with Crippen molar-refractivity contribution >= 4 is 40.8 Å². The van der Waals surface area contributed by atoms with E-state index in [0.29, 0.717) is 38.3 Å². The summed E-state index contributed by atoms with van der Waals surface area (Å²) in [4.78, 5) is 69.2.